The molecule has 0 aromatic heterocycles. The Labute approximate surface area is 521 Å². The van der Waals surface area contributed by atoms with Gasteiger partial charge in [-0.2, -0.15) is 0 Å². The van der Waals surface area contributed by atoms with E-state index in [0.29, 0.717) is 23.3 Å². The Balaban J connectivity index is 1.00. The summed E-state index contributed by atoms with van der Waals surface area (Å²) < 4.78 is 60.7. The third-order valence-electron chi connectivity index (χ3n) is 22.8. The van der Waals surface area contributed by atoms with E-state index in [2.05, 4.69) is 0 Å². The number of carbonyl (C=O) groups is 3. The second-order valence-electron chi connectivity index (χ2n) is 28.4. The predicted octanol–water partition coefficient (Wildman–Crippen LogP) is -1.09. The van der Waals surface area contributed by atoms with Crippen LogP contribution in [0.1, 0.15) is 105 Å². The molecule has 0 radical (unpaired) electrons. The van der Waals surface area contributed by atoms with Crippen molar-refractivity contribution in [2.24, 2.45) is 50.2 Å². The van der Waals surface area contributed by atoms with Gasteiger partial charge in [-0.1, -0.05) is 51.5 Å². The van der Waals surface area contributed by atoms with Crippen molar-refractivity contribution in [3.8, 4) is 5.75 Å². The van der Waals surface area contributed by atoms with Gasteiger partial charge in [0.2, 0.25) is 6.29 Å². The van der Waals surface area contributed by atoms with E-state index >= 15 is 4.79 Å². The van der Waals surface area contributed by atoms with Crippen molar-refractivity contribution in [2.45, 2.75) is 228 Å². The van der Waals surface area contributed by atoms with E-state index in [9.17, 15) is 81.1 Å². The second kappa shape index (κ2) is 25.4. The van der Waals surface area contributed by atoms with Crippen molar-refractivity contribution < 1.29 is 133 Å². The number of carboxylic acid groups (broad SMARTS) is 1. The molecule has 29 atom stereocenters. The van der Waals surface area contributed by atoms with Crippen molar-refractivity contribution in [3.05, 3.63) is 47.6 Å². The zero-order valence-corrected chi connectivity index (χ0v) is 51.9. The summed E-state index contributed by atoms with van der Waals surface area (Å²) in [6.07, 6.45) is -28.2. The van der Waals surface area contributed by atoms with Crippen LogP contribution < -0.4 is 4.74 Å². The summed E-state index contributed by atoms with van der Waals surface area (Å²) >= 11 is 0. The molecule has 90 heavy (non-hydrogen) atoms. The van der Waals surface area contributed by atoms with Crippen molar-refractivity contribution in [1.29, 1.82) is 0 Å². The van der Waals surface area contributed by atoms with Gasteiger partial charge in [0, 0.05) is 11.5 Å². The minimum atomic E-state index is -2.25. The van der Waals surface area contributed by atoms with Gasteiger partial charge in [-0.3, -0.25) is 9.59 Å². The van der Waals surface area contributed by atoms with Gasteiger partial charge in [-0.05, 0) is 130 Å². The number of aliphatic hydroxyl groups is 13. The highest BCUT2D eigenvalue weighted by atomic mass is 16.8. The van der Waals surface area contributed by atoms with E-state index in [0.717, 1.165) is 6.08 Å². The number of carboxylic acids is 1. The van der Waals surface area contributed by atoms with E-state index < -0.39 is 223 Å². The molecular weight excluding hydrogens is 1190 g/mol. The number of ether oxygens (including phenoxy) is 10. The van der Waals surface area contributed by atoms with Crippen LogP contribution in [0.5, 0.6) is 5.75 Å². The number of benzene rings is 1. The molecule has 0 unspecified atom stereocenters. The molecule has 4 heterocycles. The zero-order valence-electron chi connectivity index (χ0n) is 51.9. The van der Waals surface area contributed by atoms with Gasteiger partial charge in [0.15, 0.2) is 31.1 Å². The molecule has 0 amide bonds. The van der Waals surface area contributed by atoms with Crippen LogP contribution in [0, 0.1) is 50.2 Å². The third kappa shape index (κ3) is 11.3. The molecular formula is C63H92O27. The minimum Gasteiger partial charge on any atom is -0.497 e. The maximum absolute atomic E-state index is 16.1. The molecule has 27 heteroatoms. The largest absolute Gasteiger partial charge is 0.497 e. The molecule has 1 aromatic rings. The number of aliphatic hydroxyl groups excluding tert-OH is 12. The topological polar surface area (TPSA) is 427 Å². The van der Waals surface area contributed by atoms with Gasteiger partial charge in [-0.25, -0.2) is 4.79 Å². The molecule has 4 aliphatic heterocycles. The lowest BCUT2D eigenvalue weighted by molar-refractivity contribution is -0.372. The van der Waals surface area contributed by atoms with E-state index in [1.54, 1.807) is 24.3 Å². The average molecular weight is 1280 g/mol. The summed E-state index contributed by atoms with van der Waals surface area (Å²) in [6.45, 7) is 9.34. The van der Waals surface area contributed by atoms with Crippen LogP contribution in [0.4, 0.5) is 0 Å². The maximum Gasteiger partial charge on any atom is 0.331 e. The highest BCUT2D eigenvalue weighted by Gasteiger charge is 2.75. The first-order valence-electron chi connectivity index (χ1n) is 31.2. The van der Waals surface area contributed by atoms with Crippen LogP contribution in [-0.4, -0.2) is 251 Å². The smallest absolute Gasteiger partial charge is 0.331 e. The van der Waals surface area contributed by atoms with E-state index in [4.69, 9.17) is 47.4 Å². The summed E-state index contributed by atoms with van der Waals surface area (Å²) in [6, 6.07) is 6.70. The number of fused-ring (bicyclic) bond motifs is 7. The van der Waals surface area contributed by atoms with E-state index in [1.807, 2.05) is 33.8 Å². The number of rotatable bonds is 16. The van der Waals surface area contributed by atoms with Crippen molar-refractivity contribution in [3.63, 3.8) is 0 Å². The summed E-state index contributed by atoms with van der Waals surface area (Å²) in [5.74, 6) is -4.74. The van der Waals surface area contributed by atoms with Gasteiger partial charge in [0.05, 0.1) is 63.4 Å². The Hall–Kier alpha value is -3.89. The molecule has 4 saturated carbocycles. The molecule has 4 saturated heterocycles. The first-order valence-corrected chi connectivity index (χ1v) is 31.2. The van der Waals surface area contributed by atoms with Crippen molar-refractivity contribution in [1.82, 2.24) is 0 Å². The summed E-state index contributed by atoms with van der Waals surface area (Å²) in [5, 5.41) is 157. The molecule has 8 fully saturated rings. The maximum atomic E-state index is 16.1. The molecule has 9 aliphatic rings. The van der Waals surface area contributed by atoms with Crippen LogP contribution in [0.15, 0.2) is 42.0 Å². The van der Waals surface area contributed by atoms with Crippen LogP contribution in [0.25, 0.3) is 6.08 Å². The fourth-order valence-corrected chi connectivity index (χ4v) is 17.7. The number of aliphatic carboxylic acids is 1. The average Bonchev–Trinajstić information content (AvgIpc) is 0.721. The first kappa shape index (κ1) is 69.0. The van der Waals surface area contributed by atoms with Gasteiger partial charge < -0.3 is 119 Å². The molecule has 0 bridgehead atoms. The molecule has 27 nitrogen and oxygen atoms in total. The van der Waals surface area contributed by atoms with Crippen LogP contribution >= 0.6 is 0 Å². The monoisotopic (exact) mass is 1280 g/mol. The van der Waals surface area contributed by atoms with Crippen molar-refractivity contribution >= 4 is 24.0 Å². The van der Waals surface area contributed by atoms with E-state index in [1.165, 1.54) is 34.0 Å². The zero-order chi connectivity index (χ0) is 65.7. The molecule has 506 valence electrons. The van der Waals surface area contributed by atoms with Gasteiger partial charge in [-0.15, -0.1) is 0 Å². The number of hydrogen-bond donors (Lipinski definition) is 14. The highest BCUT2D eigenvalue weighted by Crippen LogP contribution is 2.76. The normalized spacial score (nSPS) is 49.1. The van der Waals surface area contributed by atoms with Crippen molar-refractivity contribution in [2.75, 3.05) is 33.5 Å². The van der Waals surface area contributed by atoms with Gasteiger partial charge in [0.25, 0.3) is 0 Å². The van der Waals surface area contributed by atoms with Crippen LogP contribution in [-0.2, 0) is 57.0 Å². The lowest BCUT2D eigenvalue weighted by atomic mass is 9.33. The number of methoxy groups -OCH3 is 1. The quantitative estimate of drug-likeness (QED) is 0.0405. The van der Waals surface area contributed by atoms with Gasteiger partial charge in [0.1, 0.15) is 77.8 Å². The Kier molecular flexibility index (Phi) is 19.4. The molecule has 10 rings (SSSR count). The first-order chi connectivity index (χ1) is 42.3. The Morgan fingerprint density at radius 3 is 1.94 bits per heavy atom. The molecule has 0 spiro atoms. The lowest BCUT2D eigenvalue weighted by Gasteiger charge is -2.71. The summed E-state index contributed by atoms with van der Waals surface area (Å²) in [7, 11) is 1.50. The minimum absolute atomic E-state index is 0.0251. The van der Waals surface area contributed by atoms with Crippen LogP contribution in [0.2, 0.25) is 0 Å². The summed E-state index contributed by atoms with van der Waals surface area (Å²) in [4.78, 5) is 43.9. The highest BCUT2D eigenvalue weighted by molar-refractivity contribution is 5.87. The number of carbonyl (C=O) groups excluding carboxylic acids is 2. The SMILES string of the molecule is COc1ccc(/C=C/C(=O)O[C@@H]2[C@H](O[C@@H]3OC[C@](O)(CO)[C@H]3O)[C@@H](O[C@@H]3O[C@@H](C)[C@H](O)[C@@H](O)[C@H]3O)[C@H](OC(=O)[C@@]34CC[C@]5(CO)C(=CC[C@@H]6[C@@]7(C)C[C@H](O)[C@H](O[C@@H]8O[C@H](CO)[C@@H](O)[C@H](O)[C@H]8O)[C@@](C)(C(=O)O)[C@@H]7CC[C@]65C)[C@@H]3CC(C)(C)C[C@H]4O)O[C@@H]2C)cc1. The predicted molar refractivity (Wildman–Crippen MR) is 306 cm³/mol. The lowest BCUT2D eigenvalue weighted by Crippen LogP contribution is -2.71. The Bertz CT molecular complexity index is 2820. The van der Waals surface area contributed by atoms with E-state index in [-0.39, 0.29) is 44.9 Å². The molecule has 1 aromatic carbocycles. The number of esters is 2. The van der Waals surface area contributed by atoms with Crippen LogP contribution in [0.3, 0.4) is 0 Å². The number of allylic oxidation sites excluding steroid dienone is 1. The fourth-order valence-electron chi connectivity index (χ4n) is 17.7. The second-order valence-corrected chi connectivity index (χ2v) is 28.4. The standard InChI is InChI=1S/C63H92O27/c1-28-40(70)42(72)44(74)51(83-28)88-48-47(87-54-49(76)62(80,26-66)27-82-54)46(86-39(69)16-11-30-9-12-31(81-8)13-10-30)29(2)84-53(48)90-56(79)63-20-19-61(25-65)32(33(63)21-57(3,4)23-38(63)68)14-15-36-58(5)22-34(67)50(60(7,55(77)78)37(58)17-18-59(36,61)6)89-52-45(75)43(73)41(71)35(24-64)85-52/h9-14,16,28-29,33-38,40-54,64-68,70-76,80H,15,17-27H2,1-8H3,(H,77,78)/b16-11+/t28-,29+,33-,34-,35+,36+,37+,38+,40-,41+,42+,43-,44+,45+,46-,47-,48+,49-,50-,51-,52-,53-,54-,58+,59+,60-,61-,62+,63-/m0/s1. The molecule has 14 N–H and O–H groups in total. The van der Waals surface area contributed by atoms with Gasteiger partial charge >= 0.3 is 17.9 Å². The Morgan fingerprint density at radius 1 is 0.678 bits per heavy atom. The third-order valence-corrected chi connectivity index (χ3v) is 22.8. The molecule has 5 aliphatic carbocycles. The summed E-state index contributed by atoms with van der Waals surface area (Å²) in [5.41, 5.74) is -8.34. The number of hydrogen-bond acceptors (Lipinski definition) is 26. The fraction of sp³-hybridized carbons (Fsp3) is 0.794. The Morgan fingerprint density at radius 2 is 1.32 bits per heavy atom.